The summed E-state index contributed by atoms with van der Waals surface area (Å²) in [6, 6.07) is -1.17. The predicted octanol–water partition coefficient (Wildman–Crippen LogP) is -1.74. The Labute approximate surface area is 84.2 Å². The largest absolute Gasteiger partial charge is 0.480 e. The van der Waals surface area contributed by atoms with Gasteiger partial charge in [-0.15, -0.1) is 0 Å². The molecule has 1 aromatic rings. The van der Waals surface area contributed by atoms with Crippen LogP contribution in [0.2, 0.25) is 0 Å². The topological polar surface area (TPSA) is 118 Å². The van der Waals surface area contributed by atoms with Crippen LogP contribution >= 0.6 is 0 Å². The van der Waals surface area contributed by atoms with E-state index in [0.29, 0.717) is 5.56 Å². The Morgan fingerprint density at radius 3 is 2.80 bits per heavy atom. The van der Waals surface area contributed by atoms with Gasteiger partial charge in [0, 0.05) is 11.8 Å². The average molecular weight is 213 g/mol. The molecule has 0 fully saturated rings. The predicted molar refractivity (Wildman–Crippen MR) is 51.7 cm³/mol. The highest BCUT2D eigenvalue weighted by Gasteiger charge is 2.13. The number of aromatic nitrogens is 2. The number of nitrogens with two attached hydrogens (primary N) is 1. The van der Waals surface area contributed by atoms with Gasteiger partial charge >= 0.3 is 11.7 Å². The van der Waals surface area contributed by atoms with E-state index in [0.717, 1.165) is 4.57 Å². The molecule has 1 unspecified atom stereocenters. The number of hydrogen-bond acceptors (Lipinski definition) is 4. The van der Waals surface area contributed by atoms with Gasteiger partial charge in [-0.05, 0) is 6.92 Å². The van der Waals surface area contributed by atoms with Crippen molar-refractivity contribution in [2.75, 3.05) is 0 Å². The van der Waals surface area contributed by atoms with Crippen LogP contribution in [0, 0.1) is 6.92 Å². The van der Waals surface area contributed by atoms with Gasteiger partial charge < -0.3 is 10.8 Å². The Balaban J connectivity index is 3.06. The molecule has 82 valence electrons. The smallest absolute Gasteiger partial charge is 0.328 e. The van der Waals surface area contributed by atoms with Crippen molar-refractivity contribution in [2.45, 2.75) is 19.5 Å². The first-order chi connectivity index (χ1) is 6.91. The summed E-state index contributed by atoms with van der Waals surface area (Å²) in [7, 11) is 0. The van der Waals surface area contributed by atoms with Crippen LogP contribution < -0.4 is 17.0 Å². The fraction of sp³-hybridized carbons (Fsp3) is 0.375. The van der Waals surface area contributed by atoms with Crippen LogP contribution in [0.3, 0.4) is 0 Å². The van der Waals surface area contributed by atoms with Gasteiger partial charge in [-0.1, -0.05) is 0 Å². The van der Waals surface area contributed by atoms with Gasteiger partial charge in [0.05, 0.1) is 6.54 Å². The molecule has 0 spiro atoms. The van der Waals surface area contributed by atoms with Crippen molar-refractivity contribution in [3.8, 4) is 0 Å². The van der Waals surface area contributed by atoms with Crippen LogP contribution in [0.5, 0.6) is 0 Å². The lowest BCUT2D eigenvalue weighted by atomic mass is 10.3. The number of nitrogens with one attached hydrogen (secondary N) is 1. The Morgan fingerprint density at radius 1 is 1.67 bits per heavy atom. The van der Waals surface area contributed by atoms with Crippen molar-refractivity contribution in [3.63, 3.8) is 0 Å². The van der Waals surface area contributed by atoms with Gasteiger partial charge in [0.1, 0.15) is 6.04 Å². The van der Waals surface area contributed by atoms with Gasteiger partial charge in [-0.3, -0.25) is 19.1 Å². The molecule has 1 heterocycles. The zero-order valence-corrected chi connectivity index (χ0v) is 8.06. The van der Waals surface area contributed by atoms with E-state index in [1.54, 1.807) is 0 Å². The molecule has 1 rings (SSSR count). The second-order valence-electron chi connectivity index (χ2n) is 3.17. The monoisotopic (exact) mass is 213 g/mol. The molecule has 0 aliphatic rings. The highest BCUT2D eigenvalue weighted by Crippen LogP contribution is 1.88. The number of aliphatic carboxylic acids is 1. The number of rotatable bonds is 3. The first-order valence-corrected chi connectivity index (χ1v) is 4.20. The Morgan fingerprint density at radius 2 is 2.27 bits per heavy atom. The Kier molecular flexibility index (Phi) is 3.05. The highest BCUT2D eigenvalue weighted by molar-refractivity contribution is 5.72. The van der Waals surface area contributed by atoms with E-state index in [2.05, 4.69) is 4.98 Å². The fourth-order valence-corrected chi connectivity index (χ4v) is 1.04. The summed E-state index contributed by atoms with van der Waals surface area (Å²) in [6.45, 7) is 1.34. The molecule has 0 radical (unpaired) electrons. The van der Waals surface area contributed by atoms with Crippen molar-refractivity contribution in [3.05, 3.63) is 32.6 Å². The van der Waals surface area contributed by atoms with Crippen molar-refractivity contribution in [1.82, 2.24) is 9.55 Å². The van der Waals surface area contributed by atoms with E-state index in [9.17, 15) is 14.4 Å². The molecule has 1 atom stereocenters. The minimum atomic E-state index is -1.20. The van der Waals surface area contributed by atoms with Gasteiger partial charge in [0.25, 0.3) is 5.56 Å². The van der Waals surface area contributed by atoms with E-state index in [-0.39, 0.29) is 6.54 Å². The van der Waals surface area contributed by atoms with E-state index < -0.39 is 23.3 Å². The number of carbonyl (C=O) groups is 1. The molecule has 15 heavy (non-hydrogen) atoms. The molecule has 1 aromatic heterocycles. The lowest BCUT2D eigenvalue weighted by molar-refractivity contribution is -0.138. The molecule has 7 heteroatoms. The fourth-order valence-electron chi connectivity index (χ4n) is 1.04. The minimum Gasteiger partial charge on any atom is -0.480 e. The first kappa shape index (κ1) is 11.2. The third kappa shape index (κ3) is 2.53. The molecule has 0 aliphatic carbocycles. The van der Waals surface area contributed by atoms with E-state index in [1.165, 1.54) is 13.1 Å². The SMILES string of the molecule is Cc1cn(CC(N)C(=O)O)c(=O)[nH]c1=O. The number of nitrogens with zero attached hydrogens (tertiary/aromatic N) is 1. The normalized spacial score (nSPS) is 12.4. The molecule has 7 nitrogen and oxygen atoms in total. The molecule has 0 saturated heterocycles. The molecule has 0 aliphatic heterocycles. The standard InChI is InChI=1S/C8H11N3O4/c1-4-2-11(3-5(9)7(13)14)8(15)10-6(4)12/h2,5H,3,9H2,1H3,(H,13,14)(H,10,12,15). The van der Waals surface area contributed by atoms with Gasteiger partial charge in [-0.2, -0.15) is 0 Å². The van der Waals surface area contributed by atoms with Crippen LogP contribution in [-0.4, -0.2) is 26.7 Å². The van der Waals surface area contributed by atoms with Crippen LogP contribution in [0.15, 0.2) is 15.8 Å². The molecular weight excluding hydrogens is 202 g/mol. The summed E-state index contributed by atoms with van der Waals surface area (Å²) in [5, 5.41) is 8.55. The zero-order chi connectivity index (χ0) is 11.6. The van der Waals surface area contributed by atoms with Crippen molar-refractivity contribution in [1.29, 1.82) is 0 Å². The maximum Gasteiger partial charge on any atom is 0.328 e. The third-order valence-corrected chi connectivity index (χ3v) is 1.90. The van der Waals surface area contributed by atoms with Crippen molar-refractivity contribution in [2.24, 2.45) is 5.73 Å². The van der Waals surface area contributed by atoms with Crippen molar-refractivity contribution < 1.29 is 9.90 Å². The molecule has 4 N–H and O–H groups in total. The summed E-state index contributed by atoms with van der Waals surface area (Å²) in [4.78, 5) is 34.7. The number of aromatic amines is 1. The molecule has 0 aromatic carbocycles. The van der Waals surface area contributed by atoms with E-state index in [4.69, 9.17) is 10.8 Å². The van der Waals surface area contributed by atoms with Crippen molar-refractivity contribution >= 4 is 5.97 Å². The zero-order valence-electron chi connectivity index (χ0n) is 8.06. The third-order valence-electron chi connectivity index (χ3n) is 1.90. The number of carboxylic acid groups (broad SMARTS) is 1. The summed E-state index contributed by atoms with van der Waals surface area (Å²) >= 11 is 0. The van der Waals surface area contributed by atoms with Crippen LogP contribution in [0.4, 0.5) is 0 Å². The quantitative estimate of drug-likeness (QED) is 0.550. The maximum atomic E-state index is 11.2. The number of hydrogen-bond donors (Lipinski definition) is 3. The maximum absolute atomic E-state index is 11.2. The lowest BCUT2D eigenvalue weighted by Crippen LogP contribution is -2.40. The number of H-pyrrole nitrogens is 1. The second kappa shape index (κ2) is 4.09. The minimum absolute atomic E-state index is 0.175. The first-order valence-electron chi connectivity index (χ1n) is 4.20. The number of carboxylic acids is 1. The van der Waals surface area contributed by atoms with Gasteiger partial charge in [0.15, 0.2) is 0 Å². The summed E-state index contributed by atoms with van der Waals surface area (Å²) < 4.78 is 1.06. The second-order valence-corrected chi connectivity index (χ2v) is 3.17. The summed E-state index contributed by atoms with van der Waals surface area (Å²) in [5.74, 6) is -1.20. The Hall–Kier alpha value is -1.89. The number of aryl methyl sites for hydroxylation is 1. The molecule has 0 saturated carbocycles. The molecule has 0 bridgehead atoms. The van der Waals surface area contributed by atoms with Crippen LogP contribution in [-0.2, 0) is 11.3 Å². The lowest BCUT2D eigenvalue weighted by Gasteiger charge is -2.08. The van der Waals surface area contributed by atoms with Gasteiger partial charge in [0.2, 0.25) is 0 Å². The Bertz CT molecular complexity index is 487. The average Bonchev–Trinajstić information content (AvgIpc) is 2.13. The van der Waals surface area contributed by atoms with Crippen LogP contribution in [0.1, 0.15) is 5.56 Å². The van der Waals surface area contributed by atoms with Gasteiger partial charge in [-0.25, -0.2) is 4.79 Å². The summed E-state index contributed by atoms with van der Waals surface area (Å²) in [6.07, 6.45) is 1.28. The molecule has 0 amide bonds. The van der Waals surface area contributed by atoms with E-state index >= 15 is 0 Å². The van der Waals surface area contributed by atoms with Crippen LogP contribution in [0.25, 0.3) is 0 Å². The highest BCUT2D eigenvalue weighted by atomic mass is 16.4. The van der Waals surface area contributed by atoms with E-state index in [1.807, 2.05) is 0 Å². The molecular formula is C8H11N3O4. The summed E-state index contributed by atoms with van der Waals surface area (Å²) in [5.41, 5.74) is 4.43.